The molecular formula is C18H26N2O3S. The van der Waals surface area contributed by atoms with Crippen molar-refractivity contribution < 1.29 is 13.2 Å². The van der Waals surface area contributed by atoms with Crippen molar-refractivity contribution in [2.24, 2.45) is 0 Å². The summed E-state index contributed by atoms with van der Waals surface area (Å²) in [4.78, 5) is 12.5. The number of hydrogen-bond acceptors (Lipinski definition) is 3. The summed E-state index contributed by atoms with van der Waals surface area (Å²) in [5, 5.41) is 3.15. The third kappa shape index (κ3) is 3.58. The molecule has 6 heteroatoms. The van der Waals surface area contributed by atoms with Gasteiger partial charge < -0.3 is 5.32 Å². The first-order valence-corrected chi connectivity index (χ1v) is 10.6. The average molecular weight is 350 g/mol. The minimum Gasteiger partial charge on any atom is -0.349 e. The number of hydrogen-bond donors (Lipinski definition) is 1. The highest BCUT2D eigenvalue weighted by Gasteiger charge is 2.32. The standard InChI is InChI=1S/C18H26N2O3S/c1-13-11-15-12-14(9-10-17(15)20(13)24(2,22)23)18(21)19-16-7-5-3-4-6-8-16/h9-10,12-13,16H,3-8,11H2,1-2H3,(H,19,21). The second kappa shape index (κ2) is 6.75. The number of nitrogens with zero attached hydrogens (tertiary/aromatic N) is 1. The van der Waals surface area contributed by atoms with Crippen LogP contribution in [0.3, 0.4) is 0 Å². The summed E-state index contributed by atoms with van der Waals surface area (Å²) in [7, 11) is -3.29. The molecule has 1 unspecified atom stereocenters. The second-order valence-electron chi connectivity index (χ2n) is 7.12. The summed E-state index contributed by atoms with van der Waals surface area (Å²) in [5.41, 5.74) is 2.26. The van der Waals surface area contributed by atoms with Crippen LogP contribution in [0.5, 0.6) is 0 Å². The van der Waals surface area contributed by atoms with Crippen LogP contribution in [-0.2, 0) is 16.4 Å². The SMILES string of the molecule is CC1Cc2cc(C(=O)NC3CCCCCC3)ccc2N1S(C)(=O)=O. The molecule has 132 valence electrons. The van der Waals surface area contributed by atoms with Crippen molar-refractivity contribution in [1.82, 2.24) is 5.32 Å². The first-order valence-electron chi connectivity index (χ1n) is 8.79. The summed E-state index contributed by atoms with van der Waals surface area (Å²) < 4.78 is 25.4. The fourth-order valence-corrected chi connectivity index (χ4v) is 5.21. The van der Waals surface area contributed by atoms with Crippen LogP contribution < -0.4 is 9.62 Å². The third-order valence-corrected chi connectivity index (χ3v) is 6.31. The lowest BCUT2D eigenvalue weighted by Crippen LogP contribution is -2.35. The van der Waals surface area contributed by atoms with E-state index in [2.05, 4.69) is 5.32 Å². The number of amides is 1. The zero-order chi connectivity index (χ0) is 17.3. The summed E-state index contributed by atoms with van der Waals surface area (Å²) in [6.45, 7) is 1.90. The van der Waals surface area contributed by atoms with E-state index in [1.165, 1.54) is 36.2 Å². The van der Waals surface area contributed by atoms with E-state index in [1.807, 2.05) is 13.0 Å². The minimum atomic E-state index is -3.29. The largest absolute Gasteiger partial charge is 0.349 e. The molecule has 1 atom stereocenters. The molecule has 1 aliphatic heterocycles. The van der Waals surface area contributed by atoms with Gasteiger partial charge in [-0.2, -0.15) is 0 Å². The zero-order valence-electron chi connectivity index (χ0n) is 14.4. The molecule has 1 aromatic rings. The molecule has 2 aliphatic rings. The van der Waals surface area contributed by atoms with Gasteiger partial charge in [0.25, 0.3) is 5.91 Å². The van der Waals surface area contributed by atoms with Gasteiger partial charge in [-0.3, -0.25) is 9.10 Å². The van der Waals surface area contributed by atoms with Crippen LogP contribution in [0.15, 0.2) is 18.2 Å². The maximum Gasteiger partial charge on any atom is 0.251 e. The monoisotopic (exact) mass is 350 g/mol. The predicted octanol–water partition coefficient (Wildman–Crippen LogP) is 2.85. The summed E-state index contributed by atoms with van der Waals surface area (Å²) in [6, 6.07) is 5.52. The van der Waals surface area contributed by atoms with Crippen molar-refractivity contribution >= 4 is 21.6 Å². The van der Waals surface area contributed by atoms with Gasteiger partial charge in [-0.15, -0.1) is 0 Å². The van der Waals surface area contributed by atoms with E-state index in [9.17, 15) is 13.2 Å². The first kappa shape index (κ1) is 17.3. The smallest absolute Gasteiger partial charge is 0.251 e. The van der Waals surface area contributed by atoms with Gasteiger partial charge in [0.05, 0.1) is 11.9 Å². The molecule has 1 aliphatic carbocycles. The van der Waals surface area contributed by atoms with Crippen molar-refractivity contribution in [2.45, 2.75) is 64.0 Å². The topological polar surface area (TPSA) is 66.5 Å². The van der Waals surface area contributed by atoms with Gasteiger partial charge in [0.2, 0.25) is 10.0 Å². The molecule has 24 heavy (non-hydrogen) atoms. The second-order valence-corrected chi connectivity index (χ2v) is 8.98. The first-order chi connectivity index (χ1) is 11.4. The molecule has 1 N–H and O–H groups in total. The third-order valence-electron chi connectivity index (χ3n) is 5.04. The van der Waals surface area contributed by atoms with Crippen molar-refractivity contribution in [3.8, 4) is 0 Å². The lowest BCUT2D eigenvalue weighted by Gasteiger charge is -2.22. The Hall–Kier alpha value is -1.56. The van der Waals surface area contributed by atoms with Gasteiger partial charge in [-0.05, 0) is 49.9 Å². The Bertz CT molecular complexity index is 722. The Balaban J connectivity index is 1.77. The van der Waals surface area contributed by atoms with Gasteiger partial charge in [-0.1, -0.05) is 25.7 Å². The quantitative estimate of drug-likeness (QED) is 0.853. The van der Waals surface area contributed by atoms with Crippen LogP contribution >= 0.6 is 0 Å². The molecule has 0 bridgehead atoms. The molecule has 1 amide bonds. The van der Waals surface area contributed by atoms with Gasteiger partial charge in [0, 0.05) is 17.6 Å². The molecule has 3 rings (SSSR count). The Morgan fingerprint density at radius 2 is 1.83 bits per heavy atom. The summed E-state index contributed by atoms with van der Waals surface area (Å²) in [6.07, 6.45) is 8.84. The van der Waals surface area contributed by atoms with Gasteiger partial charge >= 0.3 is 0 Å². The minimum absolute atomic E-state index is 0.0461. The predicted molar refractivity (Wildman–Crippen MR) is 95.9 cm³/mol. The van der Waals surface area contributed by atoms with Crippen molar-refractivity contribution in [2.75, 3.05) is 10.6 Å². The van der Waals surface area contributed by atoms with E-state index in [-0.39, 0.29) is 18.0 Å². The zero-order valence-corrected chi connectivity index (χ0v) is 15.2. The van der Waals surface area contributed by atoms with Crippen LogP contribution in [0.25, 0.3) is 0 Å². The van der Waals surface area contributed by atoms with Gasteiger partial charge in [-0.25, -0.2) is 8.42 Å². The average Bonchev–Trinajstić information content (AvgIpc) is 2.66. The Labute approximate surface area is 144 Å². The van der Waals surface area contributed by atoms with Gasteiger partial charge in [0.1, 0.15) is 0 Å². The van der Waals surface area contributed by atoms with Crippen LogP contribution in [0.4, 0.5) is 5.69 Å². The van der Waals surface area contributed by atoms with E-state index >= 15 is 0 Å². The van der Waals surface area contributed by atoms with E-state index in [4.69, 9.17) is 0 Å². The van der Waals surface area contributed by atoms with E-state index in [0.717, 1.165) is 18.4 Å². The highest BCUT2D eigenvalue weighted by atomic mass is 32.2. The Morgan fingerprint density at radius 1 is 1.17 bits per heavy atom. The maximum absolute atomic E-state index is 12.5. The lowest BCUT2D eigenvalue weighted by molar-refractivity contribution is 0.0933. The molecule has 0 radical (unpaired) electrons. The number of benzene rings is 1. The van der Waals surface area contributed by atoms with E-state index in [0.29, 0.717) is 17.7 Å². The molecule has 0 saturated heterocycles. The normalized spacial score (nSPS) is 22.1. The number of carbonyl (C=O) groups is 1. The summed E-state index contributed by atoms with van der Waals surface area (Å²) >= 11 is 0. The number of rotatable bonds is 3. The Kier molecular flexibility index (Phi) is 4.85. The highest BCUT2D eigenvalue weighted by molar-refractivity contribution is 7.92. The fourth-order valence-electron chi connectivity index (χ4n) is 3.94. The van der Waals surface area contributed by atoms with Crippen LogP contribution in [0.2, 0.25) is 0 Å². The molecule has 1 aromatic carbocycles. The van der Waals surface area contributed by atoms with Crippen LogP contribution in [0.1, 0.15) is 61.4 Å². The lowest BCUT2D eigenvalue weighted by atomic mass is 10.0. The van der Waals surface area contributed by atoms with Crippen LogP contribution in [-0.4, -0.2) is 32.7 Å². The fraction of sp³-hybridized carbons (Fsp3) is 0.611. The van der Waals surface area contributed by atoms with E-state index in [1.54, 1.807) is 12.1 Å². The summed E-state index contributed by atoms with van der Waals surface area (Å²) in [5.74, 6) is -0.0461. The number of nitrogens with one attached hydrogen (secondary N) is 1. The number of carbonyl (C=O) groups excluding carboxylic acids is 1. The number of sulfonamides is 1. The number of anilines is 1. The Morgan fingerprint density at radius 3 is 2.46 bits per heavy atom. The van der Waals surface area contributed by atoms with E-state index < -0.39 is 10.0 Å². The van der Waals surface area contributed by atoms with Crippen molar-refractivity contribution in [1.29, 1.82) is 0 Å². The molecule has 0 spiro atoms. The molecule has 1 fully saturated rings. The maximum atomic E-state index is 12.5. The molecule has 5 nitrogen and oxygen atoms in total. The molecule has 0 aromatic heterocycles. The molecule has 1 heterocycles. The van der Waals surface area contributed by atoms with Gasteiger partial charge in [0.15, 0.2) is 0 Å². The van der Waals surface area contributed by atoms with Crippen LogP contribution in [0, 0.1) is 0 Å². The van der Waals surface area contributed by atoms with Crippen molar-refractivity contribution in [3.63, 3.8) is 0 Å². The highest BCUT2D eigenvalue weighted by Crippen LogP contribution is 2.34. The molecular weight excluding hydrogens is 324 g/mol. The van der Waals surface area contributed by atoms with Crippen molar-refractivity contribution in [3.05, 3.63) is 29.3 Å². The number of fused-ring (bicyclic) bond motifs is 1. The molecule has 1 saturated carbocycles.